The lowest BCUT2D eigenvalue weighted by molar-refractivity contribution is -0.147. The summed E-state index contributed by atoms with van der Waals surface area (Å²) in [6.07, 6.45) is -5.50. The van der Waals surface area contributed by atoms with Crippen LogP contribution < -0.4 is 16.6 Å². The maximum atomic E-state index is 16.1. The Morgan fingerprint density at radius 1 is 1.44 bits per heavy atom. The average Bonchev–Trinajstić information content (AvgIpc) is 3.41. The van der Waals surface area contributed by atoms with Crippen molar-refractivity contribution < 1.29 is 46.7 Å². The first-order chi connectivity index (χ1) is 20.0. The summed E-state index contributed by atoms with van der Waals surface area (Å²) < 4.78 is 54.2. The molecule has 0 saturated carbocycles. The number of aromatic nitrogens is 3. The smallest absolute Gasteiger partial charge is 0.463 e. The van der Waals surface area contributed by atoms with Crippen LogP contribution in [0.2, 0.25) is 0 Å². The van der Waals surface area contributed by atoms with E-state index in [0.717, 1.165) is 4.52 Å². The number of ether oxygens (including phenoxy) is 2. The number of aliphatic hydroxyl groups excluding tert-OH is 1. The Kier molecular flexibility index (Phi) is 9.12. The minimum atomic E-state index is -4.50. The Hall–Kier alpha value is -2.91. The van der Waals surface area contributed by atoms with Crippen molar-refractivity contribution in [3.8, 4) is 6.07 Å². The number of halogens is 2. The van der Waals surface area contributed by atoms with Gasteiger partial charge in [-0.15, -0.1) is 5.10 Å². The number of aliphatic hydroxyl groups is 1. The second kappa shape index (κ2) is 11.9. The van der Waals surface area contributed by atoms with E-state index in [1.54, 1.807) is 33.8 Å². The number of nitrogen functional groups attached to an aromatic ring is 1. The fourth-order valence-corrected chi connectivity index (χ4v) is 6.91. The maximum Gasteiger partial charge on any atom is 0.475 e. The summed E-state index contributed by atoms with van der Waals surface area (Å²) >= 11 is 2.75. The van der Waals surface area contributed by atoms with Gasteiger partial charge in [0.15, 0.2) is 6.10 Å². The number of hydrogen-bond donors (Lipinski definition) is 4. The number of carbonyl (C=O) groups is 2. The number of H-pyrrole nitrogens is 1. The molecule has 0 aromatic carbocycles. The molecule has 5 N–H and O–H groups in total. The number of carbonyl (C=O) groups excluding carboxylic acids is 2. The highest BCUT2D eigenvalue weighted by Crippen LogP contribution is 2.59. The quantitative estimate of drug-likeness (QED) is 0.164. The molecule has 2 saturated heterocycles. The van der Waals surface area contributed by atoms with Crippen molar-refractivity contribution in [3.63, 3.8) is 0 Å². The van der Waals surface area contributed by atoms with Gasteiger partial charge in [-0.05, 0) is 41.9 Å². The fraction of sp³-hybridized carbons (Fsp3) is 0.625. The lowest BCUT2D eigenvalue weighted by Crippen LogP contribution is -2.50. The van der Waals surface area contributed by atoms with Crippen LogP contribution in [0.1, 0.15) is 39.8 Å². The van der Waals surface area contributed by atoms with Gasteiger partial charge in [-0.1, -0.05) is 13.8 Å². The lowest BCUT2D eigenvalue weighted by Gasteiger charge is -2.39. The summed E-state index contributed by atoms with van der Waals surface area (Å²) in [5, 5.41) is 27.4. The number of nitriles is 1. The minimum absolute atomic E-state index is 0.0741. The highest BCUT2D eigenvalue weighted by atomic mass is 79.9. The number of alkyl halides is 2. The zero-order valence-corrected chi connectivity index (χ0v) is 26.0. The van der Waals surface area contributed by atoms with Crippen molar-refractivity contribution >= 4 is 47.1 Å². The zero-order chi connectivity index (χ0) is 32.0. The topological polar surface area (TPSA) is 230 Å². The van der Waals surface area contributed by atoms with Gasteiger partial charge in [-0.3, -0.25) is 32.9 Å². The van der Waals surface area contributed by atoms with Crippen LogP contribution in [0.4, 0.5) is 10.3 Å². The number of hydrogen-bond acceptors (Lipinski definition) is 13. The lowest BCUT2D eigenvalue weighted by atomic mass is 9.87. The van der Waals surface area contributed by atoms with Gasteiger partial charge in [0, 0.05) is 12.0 Å². The van der Waals surface area contributed by atoms with Gasteiger partial charge in [0.1, 0.15) is 23.8 Å². The summed E-state index contributed by atoms with van der Waals surface area (Å²) in [7, 11) is -4.50. The summed E-state index contributed by atoms with van der Waals surface area (Å²) in [5.74, 6) is -1.54. The largest absolute Gasteiger partial charge is 0.475 e. The van der Waals surface area contributed by atoms with Gasteiger partial charge in [0.05, 0.1) is 31.4 Å². The number of anilines is 1. The van der Waals surface area contributed by atoms with Crippen LogP contribution in [0.15, 0.2) is 16.9 Å². The van der Waals surface area contributed by atoms with Gasteiger partial charge in [0.2, 0.25) is 22.0 Å². The molecular formula is C24H31BrFN6O10P. The Balaban J connectivity index is 1.49. The Bertz CT molecular complexity index is 1560. The van der Waals surface area contributed by atoms with E-state index in [4.69, 9.17) is 28.8 Å². The Morgan fingerprint density at radius 2 is 2.14 bits per heavy atom. The molecule has 2 aliphatic rings. The number of aromatic amines is 1. The molecule has 2 unspecified atom stereocenters. The highest BCUT2D eigenvalue weighted by Gasteiger charge is 2.69. The van der Waals surface area contributed by atoms with Crippen LogP contribution in [-0.2, 0) is 42.8 Å². The molecule has 43 heavy (non-hydrogen) atoms. The van der Waals surface area contributed by atoms with E-state index in [1.807, 2.05) is 0 Å². The van der Waals surface area contributed by atoms with Crippen LogP contribution in [0.25, 0.3) is 5.52 Å². The molecule has 2 aromatic rings. The van der Waals surface area contributed by atoms with Crippen molar-refractivity contribution in [1.82, 2.24) is 19.9 Å². The normalized spacial score (nSPS) is 32.0. The zero-order valence-electron chi connectivity index (χ0n) is 23.5. The molecule has 0 bridgehead atoms. The first-order valence-corrected chi connectivity index (χ1v) is 15.3. The Morgan fingerprint density at radius 3 is 2.79 bits per heavy atom. The van der Waals surface area contributed by atoms with Gasteiger partial charge in [0.25, 0.3) is 5.56 Å². The first-order valence-electron chi connectivity index (χ1n) is 13.0. The number of phosphoric ester groups is 1. The number of phosphoric acid groups is 1. The molecule has 236 valence electrons. The molecule has 4 heterocycles. The Labute approximate surface area is 252 Å². The number of esters is 1. The van der Waals surface area contributed by atoms with E-state index >= 15 is 4.39 Å². The van der Waals surface area contributed by atoms with Crippen LogP contribution in [0.5, 0.6) is 0 Å². The van der Waals surface area contributed by atoms with Gasteiger partial charge in [-0.2, -0.15) is 5.26 Å². The number of rotatable bonds is 9. The molecule has 4 rings (SSSR count). The number of nitrogens with zero attached hydrogens (tertiary/aromatic N) is 3. The van der Waals surface area contributed by atoms with Gasteiger partial charge in [-0.25, -0.2) is 13.5 Å². The number of amides is 1. The van der Waals surface area contributed by atoms with E-state index < -0.39 is 65.8 Å². The minimum Gasteiger partial charge on any atom is -0.463 e. The maximum absolute atomic E-state index is 16.1. The van der Waals surface area contributed by atoms with Crippen LogP contribution in [0.3, 0.4) is 0 Å². The van der Waals surface area contributed by atoms with Crippen molar-refractivity contribution in [3.05, 3.63) is 28.2 Å². The number of fused-ring (bicyclic) bond motifs is 1. The molecule has 2 aromatic heterocycles. The van der Waals surface area contributed by atoms with Crippen molar-refractivity contribution in [2.75, 3.05) is 25.5 Å². The highest BCUT2D eigenvalue weighted by molar-refractivity contribution is 9.10. The van der Waals surface area contributed by atoms with Crippen molar-refractivity contribution in [2.45, 2.75) is 68.7 Å². The molecule has 0 radical (unpaired) electrons. The summed E-state index contributed by atoms with van der Waals surface area (Å²) in [6, 6.07) is 4.15. The SMILES string of the molecule is CC(C)OC(=O)CCNC(=O)[C@@H]1OP(=O)(OC[C@H]2O[C@@](C#N)(c3ccc4c(=O)[nH]c(N)nn34)C(F)(Br)[C@H]2O)OCC1(C)C. The van der Waals surface area contributed by atoms with E-state index in [2.05, 4.69) is 31.3 Å². The van der Waals surface area contributed by atoms with Crippen molar-refractivity contribution in [1.29, 1.82) is 5.26 Å². The van der Waals surface area contributed by atoms with Gasteiger partial charge < -0.3 is 25.6 Å². The van der Waals surface area contributed by atoms with E-state index in [-0.39, 0.29) is 42.8 Å². The molecule has 19 heteroatoms. The third-order valence-corrected chi connectivity index (χ3v) is 9.15. The predicted octanol–water partition coefficient (Wildman–Crippen LogP) is 1.17. The van der Waals surface area contributed by atoms with Gasteiger partial charge >= 0.3 is 13.8 Å². The summed E-state index contributed by atoms with van der Waals surface area (Å²) in [6.45, 7) is 5.48. The number of nitrogens with two attached hydrogens (primary N) is 1. The third kappa shape index (κ3) is 6.21. The van der Waals surface area contributed by atoms with Crippen LogP contribution in [-0.4, -0.2) is 80.3 Å². The molecule has 6 atom stereocenters. The molecule has 2 fully saturated rings. The molecule has 0 spiro atoms. The van der Waals surface area contributed by atoms with Crippen LogP contribution >= 0.6 is 23.8 Å². The average molecular weight is 693 g/mol. The van der Waals surface area contributed by atoms with E-state index in [9.17, 15) is 29.3 Å². The third-order valence-electron chi connectivity index (χ3n) is 6.75. The molecular weight excluding hydrogens is 662 g/mol. The van der Waals surface area contributed by atoms with Crippen molar-refractivity contribution in [2.24, 2.45) is 5.41 Å². The second-order valence-corrected chi connectivity index (χ2v) is 13.7. The predicted molar refractivity (Wildman–Crippen MR) is 148 cm³/mol. The summed E-state index contributed by atoms with van der Waals surface area (Å²) in [5.41, 5.74) is 1.00. The summed E-state index contributed by atoms with van der Waals surface area (Å²) in [4.78, 5) is 39.2. The van der Waals surface area contributed by atoms with E-state index in [0.29, 0.717) is 0 Å². The molecule has 16 nitrogen and oxygen atoms in total. The van der Waals surface area contributed by atoms with E-state index in [1.165, 1.54) is 12.1 Å². The molecule has 2 aliphatic heterocycles. The van der Waals surface area contributed by atoms with Crippen LogP contribution in [0, 0.1) is 16.7 Å². The second-order valence-electron chi connectivity index (χ2n) is 10.9. The molecule has 0 aliphatic carbocycles. The standard InChI is InChI=1S/C24H31BrFN6O10P/c1-12(2)40-16(33)7-8-29-20(36)18-22(3,4)11-39-43(37,42-18)38-9-14-17(34)24(25,26)23(10-27,41-14)15-6-5-13-19(35)30-21(28)31-32(13)15/h5-6,12,14,17-18,34H,7-9,11H2,1-4H3,(H,29,36)(H3,28,30,31,35)/t14-,17+,18+,23+,24?,43?/m1/s1. The number of nitrogens with one attached hydrogen (secondary N) is 2. The molecule has 1 amide bonds. The fourth-order valence-electron chi connectivity index (χ4n) is 4.58. The monoisotopic (exact) mass is 692 g/mol. The first kappa shape index (κ1) is 33.0.